The van der Waals surface area contributed by atoms with Crippen LogP contribution in [0.2, 0.25) is 5.02 Å². The first-order valence-corrected chi connectivity index (χ1v) is 4.87. The fraction of sp³-hybridized carbons (Fsp3) is 0.400. The molecule has 1 saturated heterocycles. The molecular weight excluding hydrogens is 221 g/mol. The lowest BCUT2D eigenvalue weighted by atomic mass is 10.0. The number of nitrogens with one attached hydrogen (secondary N) is 1. The zero-order valence-electron chi connectivity index (χ0n) is 7.66. The first-order valence-electron chi connectivity index (χ1n) is 4.50. The molecular formula is C10H13Cl2NO. The first kappa shape index (κ1) is 11.6. The van der Waals surface area contributed by atoms with Crippen LogP contribution in [0.15, 0.2) is 18.2 Å². The highest BCUT2D eigenvalue weighted by molar-refractivity contribution is 6.32. The van der Waals surface area contributed by atoms with Crippen molar-refractivity contribution in [3.05, 3.63) is 28.8 Å². The summed E-state index contributed by atoms with van der Waals surface area (Å²) in [6.45, 7) is 1.02. The second-order valence-corrected chi connectivity index (χ2v) is 3.73. The van der Waals surface area contributed by atoms with Crippen LogP contribution in [0, 0.1) is 0 Å². The highest BCUT2D eigenvalue weighted by Crippen LogP contribution is 2.34. The van der Waals surface area contributed by atoms with Crippen LogP contribution in [-0.4, -0.2) is 11.7 Å². The maximum absolute atomic E-state index is 9.69. The molecule has 1 atom stereocenters. The highest BCUT2D eigenvalue weighted by Gasteiger charge is 2.19. The van der Waals surface area contributed by atoms with E-state index in [1.54, 1.807) is 6.07 Å². The molecule has 2 N–H and O–H groups in total. The molecule has 78 valence electrons. The standard InChI is InChI=1S/C10H12ClNO.ClH/c11-8-4-1-3-7(10(8)13)9-5-2-6-12-9;/h1,3-4,9,12-13H,2,5-6H2;1H/t9-;/m1./s1. The lowest BCUT2D eigenvalue weighted by Gasteiger charge is -2.12. The molecule has 14 heavy (non-hydrogen) atoms. The average molecular weight is 234 g/mol. The Morgan fingerprint density at radius 1 is 1.43 bits per heavy atom. The van der Waals surface area contributed by atoms with E-state index in [2.05, 4.69) is 5.32 Å². The summed E-state index contributed by atoms with van der Waals surface area (Å²) in [4.78, 5) is 0. The predicted molar refractivity (Wildman–Crippen MR) is 60.3 cm³/mol. The Kier molecular flexibility index (Phi) is 4.05. The summed E-state index contributed by atoms with van der Waals surface area (Å²) in [7, 11) is 0. The van der Waals surface area contributed by atoms with Crippen LogP contribution in [0.4, 0.5) is 0 Å². The van der Waals surface area contributed by atoms with Crippen molar-refractivity contribution < 1.29 is 5.11 Å². The van der Waals surface area contributed by atoms with Crippen LogP contribution in [0.1, 0.15) is 24.4 Å². The minimum atomic E-state index is 0. The second-order valence-electron chi connectivity index (χ2n) is 3.33. The van der Waals surface area contributed by atoms with Crippen molar-refractivity contribution in [3.63, 3.8) is 0 Å². The molecule has 0 saturated carbocycles. The van der Waals surface area contributed by atoms with Crippen LogP contribution in [-0.2, 0) is 0 Å². The topological polar surface area (TPSA) is 32.3 Å². The zero-order chi connectivity index (χ0) is 9.26. The lowest BCUT2D eigenvalue weighted by Crippen LogP contribution is -2.12. The maximum atomic E-state index is 9.69. The second kappa shape index (κ2) is 4.87. The van der Waals surface area contributed by atoms with Gasteiger partial charge in [-0.3, -0.25) is 0 Å². The van der Waals surface area contributed by atoms with E-state index in [1.165, 1.54) is 0 Å². The summed E-state index contributed by atoms with van der Waals surface area (Å²) in [5, 5.41) is 13.4. The number of aromatic hydroxyl groups is 1. The van der Waals surface area contributed by atoms with Gasteiger partial charge < -0.3 is 10.4 Å². The summed E-state index contributed by atoms with van der Waals surface area (Å²) in [5.74, 6) is 0.226. The van der Waals surface area contributed by atoms with Crippen LogP contribution in [0.3, 0.4) is 0 Å². The number of halogens is 2. The zero-order valence-corrected chi connectivity index (χ0v) is 9.24. The van der Waals surface area contributed by atoms with Crippen LogP contribution in [0.25, 0.3) is 0 Å². The third kappa shape index (κ3) is 2.14. The fourth-order valence-electron chi connectivity index (χ4n) is 1.76. The molecule has 1 aliphatic rings. The van der Waals surface area contributed by atoms with Gasteiger partial charge in [0.2, 0.25) is 0 Å². The molecule has 1 aromatic carbocycles. The molecule has 4 heteroatoms. The summed E-state index contributed by atoms with van der Waals surface area (Å²) in [5.41, 5.74) is 0.921. The third-order valence-corrected chi connectivity index (χ3v) is 2.76. The quantitative estimate of drug-likeness (QED) is 0.783. The largest absolute Gasteiger partial charge is 0.506 e. The van der Waals surface area contributed by atoms with Gasteiger partial charge >= 0.3 is 0 Å². The van der Waals surface area contributed by atoms with Gasteiger partial charge in [-0.2, -0.15) is 0 Å². The van der Waals surface area contributed by atoms with Crippen LogP contribution >= 0.6 is 24.0 Å². The molecule has 0 radical (unpaired) electrons. The molecule has 0 amide bonds. The normalized spacial score (nSPS) is 20.5. The molecule has 1 aromatic rings. The Labute approximate surface area is 94.7 Å². The molecule has 0 spiro atoms. The number of hydrogen-bond acceptors (Lipinski definition) is 2. The Balaban J connectivity index is 0.000000980. The molecule has 1 aliphatic heterocycles. The Morgan fingerprint density at radius 2 is 2.21 bits per heavy atom. The summed E-state index contributed by atoms with van der Waals surface area (Å²) in [6, 6.07) is 5.77. The van der Waals surface area contributed by atoms with Crippen molar-refractivity contribution in [2.45, 2.75) is 18.9 Å². The number of phenols is 1. The molecule has 0 bridgehead atoms. The van der Waals surface area contributed by atoms with Gasteiger partial charge in [0.15, 0.2) is 0 Å². The van der Waals surface area contributed by atoms with Crippen molar-refractivity contribution in [2.75, 3.05) is 6.54 Å². The molecule has 0 aromatic heterocycles. The van der Waals surface area contributed by atoms with Crippen molar-refractivity contribution in [1.29, 1.82) is 0 Å². The molecule has 2 nitrogen and oxygen atoms in total. The maximum Gasteiger partial charge on any atom is 0.138 e. The van der Waals surface area contributed by atoms with Crippen molar-refractivity contribution >= 4 is 24.0 Å². The lowest BCUT2D eigenvalue weighted by molar-refractivity contribution is 0.457. The van der Waals surface area contributed by atoms with Gasteiger partial charge in [0.25, 0.3) is 0 Å². The minimum Gasteiger partial charge on any atom is -0.506 e. The molecule has 2 rings (SSSR count). The van der Waals surface area contributed by atoms with Gasteiger partial charge in [-0.05, 0) is 25.5 Å². The van der Waals surface area contributed by atoms with Crippen LogP contribution in [0.5, 0.6) is 5.75 Å². The number of benzene rings is 1. The number of para-hydroxylation sites is 1. The summed E-state index contributed by atoms with van der Waals surface area (Å²) in [6.07, 6.45) is 2.24. The Hall–Kier alpha value is -0.440. The minimum absolute atomic E-state index is 0. The van der Waals surface area contributed by atoms with E-state index in [1.807, 2.05) is 12.1 Å². The average Bonchev–Trinajstić information content (AvgIpc) is 2.62. The number of hydrogen-bond donors (Lipinski definition) is 2. The molecule has 0 unspecified atom stereocenters. The van der Waals surface area contributed by atoms with E-state index >= 15 is 0 Å². The first-order chi connectivity index (χ1) is 6.29. The van der Waals surface area contributed by atoms with Crippen LogP contribution < -0.4 is 5.32 Å². The van der Waals surface area contributed by atoms with Crippen molar-refractivity contribution in [1.82, 2.24) is 5.32 Å². The van der Waals surface area contributed by atoms with Gasteiger partial charge in [0.05, 0.1) is 5.02 Å². The van der Waals surface area contributed by atoms with Gasteiger partial charge in [-0.15, -0.1) is 12.4 Å². The smallest absolute Gasteiger partial charge is 0.138 e. The predicted octanol–water partition coefficient (Wildman–Crippen LogP) is 2.89. The van der Waals surface area contributed by atoms with E-state index in [-0.39, 0.29) is 24.2 Å². The SMILES string of the molecule is Cl.Oc1c(Cl)cccc1[C@H]1CCCN1. The molecule has 1 heterocycles. The van der Waals surface area contributed by atoms with E-state index in [9.17, 15) is 5.11 Å². The van der Waals surface area contributed by atoms with Gasteiger partial charge in [0.1, 0.15) is 5.75 Å². The summed E-state index contributed by atoms with van der Waals surface area (Å²) >= 11 is 5.81. The van der Waals surface area contributed by atoms with E-state index in [0.29, 0.717) is 5.02 Å². The molecule has 0 aliphatic carbocycles. The number of rotatable bonds is 1. The van der Waals surface area contributed by atoms with E-state index in [4.69, 9.17) is 11.6 Å². The van der Waals surface area contributed by atoms with E-state index in [0.717, 1.165) is 24.9 Å². The summed E-state index contributed by atoms with van der Waals surface area (Å²) < 4.78 is 0. The third-order valence-electron chi connectivity index (χ3n) is 2.45. The number of phenolic OH excluding ortho intramolecular Hbond substituents is 1. The molecule has 1 fully saturated rings. The van der Waals surface area contributed by atoms with Gasteiger partial charge in [0, 0.05) is 11.6 Å². The Bertz CT molecular complexity index is 311. The monoisotopic (exact) mass is 233 g/mol. The fourth-order valence-corrected chi connectivity index (χ4v) is 1.95. The van der Waals surface area contributed by atoms with Gasteiger partial charge in [-0.25, -0.2) is 0 Å². The highest BCUT2D eigenvalue weighted by atomic mass is 35.5. The van der Waals surface area contributed by atoms with Crippen molar-refractivity contribution in [2.24, 2.45) is 0 Å². The van der Waals surface area contributed by atoms with Crippen molar-refractivity contribution in [3.8, 4) is 5.75 Å². The Morgan fingerprint density at radius 3 is 2.86 bits per heavy atom. The van der Waals surface area contributed by atoms with Gasteiger partial charge in [-0.1, -0.05) is 23.7 Å². The van der Waals surface area contributed by atoms with E-state index < -0.39 is 0 Å².